The summed E-state index contributed by atoms with van der Waals surface area (Å²) in [7, 11) is 0. The summed E-state index contributed by atoms with van der Waals surface area (Å²) in [6, 6.07) is 8.60. The maximum Gasteiger partial charge on any atom is 0.147 e. The van der Waals surface area contributed by atoms with E-state index in [4.69, 9.17) is 33.9 Å². The summed E-state index contributed by atoms with van der Waals surface area (Å²) in [5, 5.41) is 17.7. The molecule has 0 unspecified atom stereocenters. The SMILES string of the molecule is Cc1cc(Cl)ccc1N(Cl)NC=C(C#N)C#N. The molecule has 1 rings (SSSR count). The molecule has 0 bridgehead atoms. The largest absolute Gasteiger partial charge is 0.289 e. The first-order chi connectivity index (χ1) is 8.08. The molecular weight excluding hydrogens is 259 g/mol. The van der Waals surface area contributed by atoms with Gasteiger partial charge in [-0.3, -0.25) is 5.43 Å². The van der Waals surface area contributed by atoms with Crippen LogP contribution in [0.4, 0.5) is 5.69 Å². The summed E-state index contributed by atoms with van der Waals surface area (Å²) in [5.41, 5.74) is 4.09. The van der Waals surface area contributed by atoms with Crippen molar-refractivity contribution in [2.75, 3.05) is 4.53 Å². The van der Waals surface area contributed by atoms with Gasteiger partial charge >= 0.3 is 0 Å². The summed E-state index contributed by atoms with van der Waals surface area (Å²) in [6.45, 7) is 1.84. The number of anilines is 1. The third-order valence-corrected chi connectivity index (χ3v) is 2.45. The van der Waals surface area contributed by atoms with Gasteiger partial charge in [0.2, 0.25) is 0 Å². The van der Waals surface area contributed by atoms with Crippen LogP contribution in [0, 0.1) is 29.6 Å². The van der Waals surface area contributed by atoms with Crippen molar-refractivity contribution < 1.29 is 0 Å². The van der Waals surface area contributed by atoms with Gasteiger partial charge in [-0.05, 0) is 30.7 Å². The Morgan fingerprint density at radius 1 is 1.41 bits per heavy atom. The van der Waals surface area contributed by atoms with Crippen LogP contribution in [0.3, 0.4) is 0 Å². The Balaban J connectivity index is 2.85. The molecule has 0 heterocycles. The number of benzene rings is 1. The molecule has 0 saturated heterocycles. The predicted octanol–water partition coefficient (Wildman–Crippen LogP) is 3.04. The van der Waals surface area contributed by atoms with Gasteiger partial charge in [-0.1, -0.05) is 11.6 Å². The second kappa shape index (κ2) is 6.00. The number of hydrogen-bond donors (Lipinski definition) is 1. The summed E-state index contributed by atoms with van der Waals surface area (Å²) < 4.78 is 1.18. The molecule has 0 radical (unpaired) electrons. The van der Waals surface area contributed by atoms with Gasteiger partial charge in [0.05, 0.1) is 5.69 Å². The summed E-state index contributed by atoms with van der Waals surface area (Å²) in [6.07, 6.45) is 1.22. The molecule has 86 valence electrons. The number of nitrogens with one attached hydrogen (secondary N) is 1. The molecule has 0 fully saturated rings. The summed E-state index contributed by atoms with van der Waals surface area (Å²) >= 11 is 11.8. The van der Waals surface area contributed by atoms with Crippen LogP contribution < -0.4 is 9.95 Å². The summed E-state index contributed by atoms with van der Waals surface area (Å²) in [4.78, 5) is 0. The highest BCUT2D eigenvalue weighted by atomic mass is 35.5. The Labute approximate surface area is 109 Å². The first-order valence-corrected chi connectivity index (χ1v) is 5.28. The van der Waals surface area contributed by atoms with E-state index in [-0.39, 0.29) is 5.57 Å². The van der Waals surface area contributed by atoms with E-state index < -0.39 is 0 Å². The summed E-state index contributed by atoms with van der Waals surface area (Å²) in [5.74, 6) is 0. The van der Waals surface area contributed by atoms with Crippen molar-refractivity contribution in [2.24, 2.45) is 0 Å². The van der Waals surface area contributed by atoms with Gasteiger partial charge < -0.3 is 0 Å². The van der Waals surface area contributed by atoms with Crippen molar-refractivity contribution in [3.05, 3.63) is 40.6 Å². The van der Waals surface area contributed by atoms with Gasteiger partial charge in [-0.15, -0.1) is 0 Å². The minimum atomic E-state index is -0.0673. The quantitative estimate of drug-likeness (QED) is 0.519. The topological polar surface area (TPSA) is 62.9 Å². The maximum absolute atomic E-state index is 8.54. The molecule has 17 heavy (non-hydrogen) atoms. The molecule has 0 aliphatic rings. The third-order valence-electron chi connectivity index (χ3n) is 1.93. The zero-order valence-corrected chi connectivity index (χ0v) is 10.4. The normalized spacial score (nSPS) is 8.76. The first-order valence-electron chi connectivity index (χ1n) is 4.57. The van der Waals surface area contributed by atoms with Crippen molar-refractivity contribution >= 4 is 29.1 Å². The first kappa shape index (κ1) is 13.2. The molecule has 0 aliphatic heterocycles. The van der Waals surface area contributed by atoms with E-state index in [1.165, 1.54) is 10.7 Å². The fourth-order valence-corrected chi connectivity index (χ4v) is 1.58. The lowest BCUT2D eigenvalue weighted by molar-refractivity contribution is 0.941. The van der Waals surface area contributed by atoms with Gasteiger partial charge in [-0.2, -0.15) is 15.1 Å². The highest BCUT2D eigenvalue weighted by Gasteiger charge is 2.05. The average Bonchev–Trinajstić information content (AvgIpc) is 2.30. The van der Waals surface area contributed by atoms with Crippen molar-refractivity contribution in [1.29, 1.82) is 10.5 Å². The van der Waals surface area contributed by atoms with Crippen molar-refractivity contribution in [1.82, 2.24) is 5.43 Å². The lowest BCUT2D eigenvalue weighted by Gasteiger charge is -2.17. The van der Waals surface area contributed by atoms with Crippen molar-refractivity contribution in [3.63, 3.8) is 0 Å². The molecular formula is C11H8Cl2N4. The lowest BCUT2D eigenvalue weighted by Crippen LogP contribution is -2.25. The fourth-order valence-electron chi connectivity index (χ4n) is 1.12. The van der Waals surface area contributed by atoms with Crippen LogP contribution in [-0.2, 0) is 0 Å². The molecule has 0 saturated carbocycles. The highest BCUT2D eigenvalue weighted by molar-refractivity contribution is 6.31. The zero-order chi connectivity index (χ0) is 12.8. The standard InChI is InChI=1S/C11H8Cl2N4/c1-8-4-10(12)2-3-11(8)17(13)16-7-9(5-14)6-15/h2-4,7,16H,1H3. The Kier molecular flexibility index (Phi) is 4.66. The number of halogens is 2. The van der Waals surface area contributed by atoms with Crippen LogP contribution >= 0.6 is 23.4 Å². The molecule has 1 aromatic rings. The minimum absolute atomic E-state index is 0.0673. The zero-order valence-electron chi connectivity index (χ0n) is 8.91. The van der Waals surface area contributed by atoms with Crippen LogP contribution in [0.5, 0.6) is 0 Å². The lowest BCUT2D eigenvalue weighted by atomic mass is 10.2. The second-order valence-electron chi connectivity index (χ2n) is 3.12. The average molecular weight is 267 g/mol. The third kappa shape index (κ3) is 3.57. The van der Waals surface area contributed by atoms with E-state index in [1.54, 1.807) is 30.3 Å². The number of nitriles is 2. The predicted molar refractivity (Wildman–Crippen MR) is 67.0 cm³/mol. The molecule has 0 aliphatic carbocycles. The number of hydrazine groups is 1. The van der Waals surface area contributed by atoms with Crippen molar-refractivity contribution in [2.45, 2.75) is 6.92 Å². The van der Waals surface area contributed by atoms with E-state index in [0.717, 1.165) is 5.56 Å². The number of nitrogens with zero attached hydrogens (tertiary/aromatic N) is 3. The van der Waals surface area contributed by atoms with Gasteiger partial charge in [0, 0.05) is 23.0 Å². The van der Waals surface area contributed by atoms with E-state index in [9.17, 15) is 0 Å². The number of hydrogen-bond acceptors (Lipinski definition) is 4. The monoisotopic (exact) mass is 266 g/mol. The van der Waals surface area contributed by atoms with Crippen LogP contribution in [0.1, 0.15) is 5.56 Å². The number of rotatable bonds is 3. The fraction of sp³-hybridized carbons (Fsp3) is 0.0909. The Hall–Kier alpha value is -1.88. The van der Waals surface area contributed by atoms with Gasteiger partial charge in [0.1, 0.15) is 17.7 Å². The van der Waals surface area contributed by atoms with E-state index in [2.05, 4.69) is 5.43 Å². The van der Waals surface area contributed by atoms with Crippen LogP contribution in [0.15, 0.2) is 30.0 Å². The van der Waals surface area contributed by atoms with Gasteiger partial charge in [-0.25, -0.2) is 0 Å². The molecule has 0 aromatic heterocycles. The molecule has 6 heteroatoms. The number of aryl methyl sites for hydroxylation is 1. The van der Waals surface area contributed by atoms with Crippen LogP contribution in [0.2, 0.25) is 5.02 Å². The van der Waals surface area contributed by atoms with Gasteiger partial charge in [0.25, 0.3) is 0 Å². The molecule has 0 atom stereocenters. The Morgan fingerprint density at radius 2 is 2.06 bits per heavy atom. The van der Waals surface area contributed by atoms with Crippen LogP contribution in [-0.4, -0.2) is 0 Å². The molecule has 1 N–H and O–H groups in total. The highest BCUT2D eigenvalue weighted by Crippen LogP contribution is 2.23. The smallest absolute Gasteiger partial charge is 0.147 e. The number of allylic oxidation sites excluding steroid dienone is 1. The Morgan fingerprint density at radius 3 is 2.59 bits per heavy atom. The Bertz CT molecular complexity index is 509. The maximum atomic E-state index is 8.54. The second-order valence-corrected chi connectivity index (χ2v) is 3.90. The van der Waals surface area contributed by atoms with Crippen molar-refractivity contribution in [3.8, 4) is 12.1 Å². The molecule has 4 nitrogen and oxygen atoms in total. The van der Waals surface area contributed by atoms with Crippen LogP contribution in [0.25, 0.3) is 0 Å². The van der Waals surface area contributed by atoms with E-state index >= 15 is 0 Å². The van der Waals surface area contributed by atoms with E-state index in [1.807, 2.05) is 6.92 Å². The minimum Gasteiger partial charge on any atom is -0.289 e. The van der Waals surface area contributed by atoms with E-state index in [0.29, 0.717) is 10.7 Å². The molecule has 1 aromatic carbocycles. The molecule has 0 amide bonds. The molecule has 0 spiro atoms. The van der Waals surface area contributed by atoms with Gasteiger partial charge in [0.15, 0.2) is 0 Å².